The number of amides is 1. The van der Waals surface area contributed by atoms with Crippen molar-refractivity contribution in [2.24, 2.45) is 11.7 Å². The summed E-state index contributed by atoms with van der Waals surface area (Å²) < 4.78 is 13.5. The zero-order chi connectivity index (χ0) is 13.2. The van der Waals surface area contributed by atoms with Gasteiger partial charge in [0, 0.05) is 10.6 Å². The van der Waals surface area contributed by atoms with E-state index in [-0.39, 0.29) is 17.6 Å². The van der Waals surface area contributed by atoms with Crippen LogP contribution < -0.4 is 11.1 Å². The minimum atomic E-state index is -0.715. The molecule has 3 nitrogen and oxygen atoms in total. The molecule has 2 rings (SSSR count). The normalized spacial score (nSPS) is 18.3. The molecule has 1 aliphatic rings. The van der Waals surface area contributed by atoms with Crippen molar-refractivity contribution in [1.29, 1.82) is 0 Å². The molecule has 0 radical (unpaired) electrons. The summed E-state index contributed by atoms with van der Waals surface area (Å²) in [4.78, 5) is 12.2. The highest BCUT2D eigenvalue weighted by molar-refractivity contribution is 7.99. The number of rotatable bonds is 6. The maximum absolute atomic E-state index is 13.5. The predicted octanol–water partition coefficient (Wildman–Crippen LogP) is 1.77. The van der Waals surface area contributed by atoms with Gasteiger partial charge in [0.05, 0.1) is 0 Å². The van der Waals surface area contributed by atoms with E-state index >= 15 is 0 Å². The number of likely N-dealkylation sites (N-methyl/N-ethyl adjacent to an activating group) is 1. The highest BCUT2D eigenvalue weighted by Crippen LogP contribution is 2.42. The van der Waals surface area contributed by atoms with E-state index in [9.17, 15) is 9.18 Å². The molecule has 1 aromatic rings. The van der Waals surface area contributed by atoms with Crippen molar-refractivity contribution in [1.82, 2.24) is 5.32 Å². The first-order chi connectivity index (χ1) is 8.60. The second kappa shape index (κ2) is 5.28. The van der Waals surface area contributed by atoms with Crippen LogP contribution in [0, 0.1) is 11.7 Å². The van der Waals surface area contributed by atoms with Gasteiger partial charge in [-0.05, 0) is 37.9 Å². The number of carbonyl (C=O) groups is 1. The first-order valence-electron chi connectivity index (χ1n) is 5.96. The van der Waals surface area contributed by atoms with Crippen LogP contribution in [0.15, 0.2) is 29.2 Å². The highest BCUT2D eigenvalue weighted by atomic mass is 32.2. The summed E-state index contributed by atoms with van der Waals surface area (Å²) in [5.74, 6) is 0.133. The summed E-state index contributed by atoms with van der Waals surface area (Å²) in [7, 11) is 1.74. The largest absolute Gasteiger partial charge is 0.368 e. The molecule has 18 heavy (non-hydrogen) atoms. The number of hydrogen-bond acceptors (Lipinski definition) is 3. The number of thioether (sulfide) groups is 1. The molecule has 3 N–H and O–H groups in total. The Labute approximate surface area is 110 Å². The molecule has 0 aliphatic heterocycles. The lowest BCUT2D eigenvalue weighted by atomic mass is 9.95. The van der Waals surface area contributed by atoms with Gasteiger partial charge in [-0.1, -0.05) is 12.1 Å². The van der Waals surface area contributed by atoms with Crippen molar-refractivity contribution >= 4 is 17.7 Å². The zero-order valence-corrected chi connectivity index (χ0v) is 11.1. The van der Waals surface area contributed by atoms with E-state index in [2.05, 4.69) is 5.32 Å². The van der Waals surface area contributed by atoms with Gasteiger partial charge >= 0.3 is 0 Å². The maximum atomic E-state index is 13.5. The average Bonchev–Trinajstić information content (AvgIpc) is 3.17. The van der Waals surface area contributed by atoms with Gasteiger partial charge < -0.3 is 11.1 Å². The van der Waals surface area contributed by atoms with Crippen molar-refractivity contribution in [2.45, 2.75) is 23.3 Å². The minimum absolute atomic E-state index is 0.257. The Morgan fingerprint density at radius 1 is 1.56 bits per heavy atom. The Balaban J connectivity index is 2.11. The van der Waals surface area contributed by atoms with E-state index in [0.29, 0.717) is 10.6 Å². The van der Waals surface area contributed by atoms with Crippen LogP contribution in [0.5, 0.6) is 0 Å². The second-order valence-corrected chi connectivity index (χ2v) is 5.60. The number of nitrogens with one attached hydrogen (secondary N) is 1. The summed E-state index contributed by atoms with van der Waals surface area (Å²) in [5, 5.41) is 3.05. The van der Waals surface area contributed by atoms with Crippen molar-refractivity contribution in [3.8, 4) is 0 Å². The topological polar surface area (TPSA) is 55.1 Å². The molecule has 0 aromatic heterocycles. The van der Waals surface area contributed by atoms with Crippen LogP contribution in [0.1, 0.15) is 12.8 Å². The molecule has 0 bridgehead atoms. The van der Waals surface area contributed by atoms with Crippen LogP contribution in [0.3, 0.4) is 0 Å². The quantitative estimate of drug-likeness (QED) is 0.773. The van der Waals surface area contributed by atoms with E-state index in [1.165, 1.54) is 17.8 Å². The fourth-order valence-electron chi connectivity index (χ4n) is 2.12. The highest BCUT2D eigenvalue weighted by Gasteiger charge is 2.48. The summed E-state index contributed by atoms with van der Waals surface area (Å²) in [6.45, 7) is 0. The van der Waals surface area contributed by atoms with Gasteiger partial charge in [0.1, 0.15) is 11.4 Å². The third-order valence-corrected chi connectivity index (χ3v) is 4.69. The molecule has 1 atom stereocenters. The van der Waals surface area contributed by atoms with Crippen molar-refractivity contribution in [2.75, 3.05) is 12.8 Å². The molecule has 0 spiro atoms. The average molecular weight is 268 g/mol. The van der Waals surface area contributed by atoms with Crippen LogP contribution in [-0.2, 0) is 4.79 Å². The van der Waals surface area contributed by atoms with Crippen molar-refractivity contribution in [3.05, 3.63) is 30.1 Å². The van der Waals surface area contributed by atoms with E-state index in [0.717, 1.165) is 12.8 Å². The van der Waals surface area contributed by atoms with Gasteiger partial charge in [-0.3, -0.25) is 4.79 Å². The number of carbonyl (C=O) groups excluding carboxylic acids is 1. The molecule has 1 amide bonds. The number of primary amides is 1. The molecule has 5 heteroatoms. The van der Waals surface area contributed by atoms with Crippen LogP contribution >= 0.6 is 11.8 Å². The molecule has 98 valence electrons. The van der Waals surface area contributed by atoms with Crippen molar-refractivity contribution < 1.29 is 9.18 Å². The van der Waals surface area contributed by atoms with Crippen LogP contribution in [0.4, 0.5) is 4.39 Å². The molecular formula is C13H17FN2OS. The summed E-state index contributed by atoms with van der Waals surface area (Å²) in [6, 6.07) is 6.58. The molecule has 1 aromatic carbocycles. The molecule has 1 unspecified atom stereocenters. The SMILES string of the molecule is CNC(CSc1ccccc1F)(C(N)=O)C1CC1. The molecule has 1 aliphatic carbocycles. The first-order valence-corrected chi connectivity index (χ1v) is 6.95. The lowest BCUT2D eigenvalue weighted by Crippen LogP contribution is -2.57. The van der Waals surface area contributed by atoms with E-state index in [4.69, 9.17) is 5.73 Å². The smallest absolute Gasteiger partial charge is 0.238 e. The van der Waals surface area contributed by atoms with E-state index in [1.807, 2.05) is 0 Å². The predicted molar refractivity (Wildman–Crippen MR) is 70.8 cm³/mol. The summed E-state index contributed by atoms with van der Waals surface area (Å²) in [6.07, 6.45) is 2.00. The van der Waals surface area contributed by atoms with Gasteiger partial charge in [-0.15, -0.1) is 11.8 Å². The molecule has 1 fully saturated rings. The molecule has 0 heterocycles. The Hall–Kier alpha value is -1.07. The Morgan fingerprint density at radius 2 is 2.22 bits per heavy atom. The number of hydrogen-bond donors (Lipinski definition) is 2. The molecule has 1 saturated carbocycles. The Kier molecular flexibility index (Phi) is 3.92. The van der Waals surface area contributed by atoms with Gasteiger partial charge in [0.2, 0.25) is 5.91 Å². The molecular weight excluding hydrogens is 251 g/mol. The first kappa shape index (κ1) is 13.4. The Morgan fingerprint density at radius 3 is 2.72 bits per heavy atom. The van der Waals surface area contributed by atoms with Crippen LogP contribution in [0.2, 0.25) is 0 Å². The standard InChI is InChI=1S/C13H17FN2OS/c1-16-13(12(15)17,9-6-7-9)8-18-11-5-3-2-4-10(11)14/h2-5,9,16H,6-8H2,1H3,(H2,15,17). The number of halogens is 1. The van der Waals surface area contributed by atoms with E-state index in [1.54, 1.807) is 25.2 Å². The molecule has 0 saturated heterocycles. The van der Waals surface area contributed by atoms with Gasteiger partial charge in [0.15, 0.2) is 0 Å². The minimum Gasteiger partial charge on any atom is -0.368 e. The van der Waals surface area contributed by atoms with Crippen LogP contribution in [-0.4, -0.2) is 24.2 Å². The lowest BCUT2D eigenvalue weighted by Gasteiger charge is -2.30. The summed E-state index contributed by atoms with van der Waals surface area (Å²) in [5.41, 5.74) is 4.80. The maximum Gasteiger partial charge on any atom is 0.238 e. The third kappa shape index (κ3) is 2.52. The monoisotopic (exact) mass is 268 g/mol. The third-order valence-electron chi connectivity index (χ3n) is 3.45. The van der Waals surface area contributed by atoms with Gasteiger partial charge in [0.25, 0.3) is 0 Å². The number of benzene rings is 1. The zero-order valence-electron chi connectivity index (χ0n) is 10.3. The van der Waals surface area contributed by atoms with E-state index < -0.39 is 5.54 Å². The fourth-order valence-corrected chi connectivity index (χ4v) is 3.41. The van der Waals surface area contributed by atoms with Gasteiger partial charge in [-0.25, -0.2) is 4.39 Å². The summed E-state index contributed by atoms with van der Waals surface area (Å²) >= 11 is 1.34. The lowest BCUT2D eigenvalue weighted by molar-refractivity contribution is -0.124. The van der Waals surface area contributed by atoms with Crippen molar-refractivity contribution in [3.63, 3.8) is 0 Å². The van der Waals surface area contributed by atoms with Crippen LogP contribution in [0.25, 0.3) is 0 Å². The van der Waals surface area contributed by atoms with Gasteiger partial charge in [-0.2, -0.15) is 0 Å². The fraction of sp³-hybridized carbons (Fsp3) is 0.462. The second-order valence-electron chi connectivity index (χ2n) is 4.58. The Bertz CT molecular complexity index is 450. The number of nitrogens with two attached hydrogens (primary N) is 1.